The Kier molecular flexibility index (Phi) is 8.06. The van der Waals surface area contributed by atoms with Crippen molar-refractivity contribution >= 4 is 0 Å². The SMILES string of the molecule is CCCCN(CC)C(CN)c1cc(OC)c(OC)c(OC)c1. The first-order valence-electron chi connectivity index (χ1n) is 7.90. The van der Waals surface area contributed by atoms with Gasteiger partial charge in [-0.1, -0.05) is 20.3 Å². The van der Waals surface area contributed by atoms with E-state index in [0.717, 1.165) is 25.1 Å². The van der Waals surface area contributed by atoms with Crippen molar-refractivity contribution in [1.82, 2.24) is 4.90 Å². The van der Waals surface area contributed by atoms with Gasteiger partial charge in [-0.2, -0.15) is 0 Å². The number of ether oxygens (including phenoxy) is 3. The topological polar surface area (TPSA) is 57.0 Å². The van der Waals surface area contributed by atoms with Gasteiger partial charge in [-0.15, -0.1) is 0 Å². The van der Waals surface area contributed by atoms with Gasteiger partial charge in [-0.3, -0.25) is 4.90 Å². The molecule has 0 fully saturated rings. The average Bonchev–Trinajstić information content (AvgIpc) is 2.57. The molecule has 126 valence electrons. The number of nitrogens with zero attached hydrogens (tertiary/aromatic N) is 1. The van der Waals surface area contributed by atoms with Crippen molar-refractivity contribution in [3.8, 4) is 17.2 Å². The zero-order chi connectivity index (χ0) is 16.5. The highest BCUT2D eigenvalue weighted by atomic mass is 16.5. The maximum atomic E-state index is 6.05. The summed E-state index contributed by atoms with van der Waals surface area (Å²) in [6.07, 6.45) is 2.33. The minimum atomic E-state index is 0.144. The van der Waals surface area contributed by atoms with Crippen LogP contribution in [0, 0.1) is 0 Å². The quantitative estimate of drug-likeness (QED) is 0.720. The molecule has 1 atom stereocenters. The van der Waals surface area contributed by atoms with Gasteiger partial charge >= 0.3 is 0 Å². The molecule has 1 aromatic carbocycles. The third kappa shape index (κ3) is 4.27. The van der Waals surface area contributed by atoms with E-state index in [1.165, 1.54) is 6.42 Å². The third-order valence-corrected chi connectivity index (χ3v) is 3.94. The molecule has 22 heavy (non-hydrogen) atoms. The Balaban J connectivity index is 3.20. The molecular formula is C17H30N2O3. The van der Waals surface area contributed by atoms with Crippen LogP contribution in [-0.2, 0) is 0 Å². The van der Waals surface area contributed by atoms with E-state index in [4.69, 9.17) is 19.9 Å². The Morgan fingerprint density at radius 1 is 1.05 bits per heavy atom. The molecular weight excluding hydrogens is 280 g/mol. The summed E-state index contributed by atoms with van der Waals surface area (Å²) in [4.78, 5) is 2.39. The molecule has 0 amide bonds. The Morgan fingerprint density at radius 3 is 2.00 bits per heavy atom. The molecule has 0 spiro atoms. The van der Waals surface area contributed by atoms with Crippen molar-refractivity contribution in [2.45, 2.75) is 32.7 Å². The zero-order valence-electron chi connectivity index (χ0n) is 14.5. The lowest BCUT2D eigenvalue weighted by atomic mass is 10.0. The summed E-state index contributed by atoms with van der Waals surface area (Å²) in [6.45, 7) is 6.90. The molecule has 1 unspecified atom stereocenters. The van der Waals surface area contributed by atoms with Crippen LogP contribution >= 0.6 is 0 Å². The summed E-state index contributed by atoms with van der Waals surface area (Å²) in [7, 11) is 4.88. The van der Waals surface area contributed by atoms with Crippen molar-refractivity contribution in [3.05, 3.63) is 17.7 Å². The van der Waals surface area contributed by atoms with Gasteiger partial charge in [0.2, 0.25) is 5.75 Å². The third-order valence-electron chi connectivity index (χ3n) is 3.94. The van der Waals surface area contributed by atoms with Crippen LogP contribution in [0.25, 0.3) is 0 Å². The minimum Gasteiger partial charge on any atom is -0.493 e. The first-order valence-corrected chi connectivity index (χ1v) is 7.90. The number of nitrogens with two attached hydrogens (primary N) is 1. The second kappa shape index (κ2) is 9.54. The van der Waals surface area contributed by atoms with E-state index in [1.54, 1.807) is 21.3 Å². The average molecular weight is 310 g/mol. The normalized spacial score (nSPS) is 12.3. The van der Waals surface area contributed by atoms with Gasteiger partial charge in [-0.05, 0) is 37.2 Å². The van der Waals surface area contributed by atoms with Gasteiger partial charge in [0.05, 0.1) is 21.3 Å². The van der Waals surface area contributed by atoms with Gasteiger partial charge in [0.1, 0.15) is 0 Å². The number of unbranched alkanes of at least 4 members (excludes halogenated alkanes) is 1. The van der Waals surface area contributed by atoms with Crippen LogP contribution in [0.1, 0.15) is 38.3 Å². The Bertz CT molecular complexity index is 427. The van der Waals surface area contributed by atoms with E-state index >= 15 is 0 Å². The molecule has 2 N–H and O–H groups in total. The van der Waals surface area contributed by atoms with Gasteiger partial charge in [0.15, 0.2) is 11.5 Å². The lowest BCUT2D eigenvalue weighted by Gasteiger charge is -2.31. The number of hydrogen-bond donors (Lipinski definition) is 1. The number of methoxy groups -OCH3 is 3. The standard InChI is InChI=1S/C17H30N2O3/c1-6-8-9-19(7-2)14(12-18)13-10-15(20-3)17(22-5)16(11-13)21-4/h10-11,14H,6-9,12,18H2,1-5H3. The Labute approximate surface area is 134 Å². The first-order chi connectivity index (χ1) is 10.7. The van der Waals surface area contributed by atoms with Crippen LogP contribution < -0.4 is 19.9 Å². The zero-order valence-corrected chi connectivity index (χ0v) is 14.5. The fourth-order valence-corrected chi connectivity index (χ4v) is 2.69. The fraction of sp³-hybridized carbons (Fsp3) is 0.647. The second-order valence-corrected chi connectivity index (χ2v) is 5.19. The molecule has 5 nitrogen and oxygen atoms in total. The molecule has 0 aliphatic carbocycles. The van der Waals surface area contributed by atoms with E-state index < -0.39 is 0 Å². The van der Waals surface area contributed by atoms with Gasteiger partial charge in [0.25, 0.3) is 0 Å². The molecule has 5 heteroatoms. The summed E-state index contributed by atoms with van der Waals surface area (Å²) >= 11 is 0. The van der Waals surface area contributed by atoms with E-state index in [9.17, 15) is 0 Å². The second-order valence-electron chi connectivity index (χ2n) is 5.19. The molecule has 1 rings (SSSR count). The van der Waals surface area contributed by atoms with E-state index in [1.807, 2.05) is 12.1 Å². The van der Waals surface area contributed by atoms with Gasteiger partial charge in [-0.25, -0.2) is 0 Å². The Morgan fingerprint density at radius 2 is 1.64 bits per heavy atom. The van der Waals surface area contributed by atoms with E-state index in [0.29, 0.717) is 23.8 Å². The van der Waals surface area contributed by atoms with Crippen LogP contribution in [0.5, 0.6) is 17.2 Å². The molecule has 0 saturated heterocycles. The fourth-order valence-electron chi connectivity index (χ4n) is 2.69. The summed E-state index contributed by atoms with van der Waals surface area (Å²) in [6, 6.07) is 4.13. The molecule has 0 radical (unpaired) electrons. The van der Waals surface area contributed by atoms with Crippen LogP contribution in [-0.4, -0.2) is 45.9 Å². The summed E-state index contributed by atoms with van der Waals surface area (Å²) in [5.74, 6) is 1.95. The molecule has 1 aromatic rings. The highest BCUT2D eigenvalue weighted by molar-refractivity contribution is 5.54. The van der Waals surface area contributed by atoms with Crippen LogP contribution in [0.15, 0.2) is 12.1 Å². The smallest absolute Gasteiger partial charge is 0.203 e. The Hall–Kier alpha value is -1.46. The predicted octanol–water partition coefficient (Wildman–Crippen LogP) is 2.83. The van der Waals surface area contributed by atoms with Gasteiger partial charge in [0, 0.05) is 12.6 Å². The van der Waals surface area contributed by atoms with Crippen molar-refractivity contribution in [2.75, 3.05) is 41.0 Å². The van der Waals surface area contributed by atoms with Crippen LogP contribution in [0.4, 0.5) is 0 Å². The maximum absolute atomic E-state index is 6.05. The lowest BCUT2D eigenvalue weighted by Crippen LogP contribution is -2.34. The molecule has 0 aliphatic rings. The largest absolute Gasteiger partial charge is 0.493 e. The van der Waals surface area contributed by atoms with E-state index in [-0.39, 0.29) is 6.04 Å². The summed E-state index contributed by atoms with van der Waals surface area (Å²) < 4.78 is 16.3. The van der Waals surface area contributed by atoms with E-state index in [2.05, 4.69) is 18.7 Å². The van der Waals surface area contributed by atoms with Crippen molar-refractivity contribution in [2.24, 2.45) is 5.73 Å². The molecule has 0 heterocycles. The molecule has 0 aromatic heterocycles. The summed E-state index contributed by atoms with van der Waals surface area (Å²) in [5, 5.41) is 0. The number of likely N-dealkylation sites (N-methyl/N-ethyl adjacent to an activating group) is 1. The van der Waals surface area contributed by atoms with Crippen molar-refractivity contribution in [1.29, 1.82) is 0 Å². The molecule has 0 saturated carbocycles. The minimum absolute atomic E-state index is 0.144. The number of rotatable bonds is 10. The maximum Gasteiger partial charge on any atom is 0.203 e. The predicted molar refractivity (Wildman–Crippen MR) is 90.0 cm³/mol. The van der Waals surface area contributed by atoms with Crippen molar-refractivity contribution < 1.29 is 14.2 Å². The highest BCUT2D eigenvalue weighted by Crippen LogP contribution is 2.40. The molecule has 0 bridgehead atoms. The number of benzene rings is 1. The van der Waals surface area contributed by atoms with Gasteiger partial charge < -0.3 is 19.9 Å². The monoisotopic (exact) mass is 310 g/mol. The number of hydrogen-bond acceptors (Lipinski definition) is 5. The summed E-state index contributed by atoms with van der Waals surface area (Å²) in [5.41, 5.74) is 7.14. The highest BCUT2D eigenvalue weighted by Gasteiger charge is 2.22. The first kappa shape index (κ1) is 18.6. The van der Waals surface area contributed by atoms with Crippen LogP contribution in [0.3, 0.4) is 0 Å². The van der Waals surface area contributed by atoms with Crippen LogP contribution in [0.2, 0.25) is 0 Å². The van der Waals surface area contributed by atoms with Crippen molar-refractivity contribution in [3.63, 3.8) is 0 Å². The molecule has 0 aliphatic heterocycles. The lowest BCUT2D eigenvalue weighted by molar-refractivity contribution is 0.208.